The molecule has 0 radical (unpaired) electrons. The Labute approximate surface area is 134 Å². The van der Waals surface area contributed by atoms with Crippen molar-refractivity contribution in [2.75, 3.05) is 13.2 Å². The molecular weight excluding hydrogens is 295 g/mol. The van der Waals surface area contributed by atoms with Crippen molar-refractivity contribution in [3.05, 3.63) is 61.2 Å². The highest BCUT2D eigenvalue weighted by Crippen LogP contribution is 2.21. The van der Waals surface area contributed by atoms with Gasteiger partial charge in [-0.2, -0.15) is 0 Å². The summed E-state index contributed by atoms with van der Waals surface area (Å²) in [5.41, 5.74) is 2.39. The predicted molar refractivity (Wildman–Crippen MR) is 88.4 cm³/mol. The van der Waals surface area contributed by atoms with Crippen molar-refractivity contribution in [2.24, 2.45) is 0 Å². The lowest BCUT2D eigenvalue weighted by molar-refractivity contribution is -0.138. The van der Waals surface area contributed by atoms with Crippen molar-refractivity contribution >= 4 is 18.6 Å². The first-order valence-corrected chi connectivity index (χ1v) is 7.08. The fraction of sp³-hybridized carbons (Fsp3) is 0.118. The Morgan fingerprint density at radius 2 is 1.57 bits per heavy atom. The number of rotatable bonds is 7. The molecule has 0 saturated heterocycles. The number of ether oxygens (including phenoxy) is 2. The molecule has 5 nitrogen and oxygen atoms in total. The fourth-order valence-corrected chi connectivity index (χ4v) is 1.95. The third-order valence-electron chi connectivity index (χ3n) is 3.16. The van der Waals surface area contributed by atoms with Crippen molar-refractivity contribution in [3.63, 3.8) is 0 Å². The van der Waals surface area contributed by atoms with Crippen LogP contribution in [0.2, 0.25) is 0 Å². The van der Waals surface area contributed by atoms with E-state index >= 15 is 0 Å². The number of benzene rings is 2. The highest BCUT2D eigenvalue weighted by molar-refractivity contribution is 6.58. The first kappa shape index (κ1) is 16.8. The van der Waals surface area contributed by atoms with E-state index in [-0.39, 0.29) is 13.2 Å². The summed E-state index contributed by atoms with van der Waals surface area (Å²) in [7, 11) is -1.46. The van der Waals surface area contributed by atoms with E-state index in [0.29, 0.717) is 11.2 Å². The minimum atomic E-state index is -1.46. The summed E-state index contributed by atoms with van der Waals surface area (Å²) in [5.74, 6) is 0.200. The molecule has 0 heterocycles. The van der Waals surface area contributed by atoms with Gasteiger partial charge < -0.3 is 19.5 Å². The summed E-state index contributed by atoms with van der Waals surface area (Å²) >= 11 is 0. The molecule has 0 aromatic heterocycles. The third-order valence-corrected chi connectivity index (χ3v) is 3.16. The van der Waals surface area contributed by atoms with Crippen molar-refractivity contribution < 1.29 is 24.3 Å². The molecule has 0 fully saturated rings. The van der Waals surface area contributed by atoms with Crippen LogP contribution in [0.3, 0.4) is 0 Å². The topological polar surface area (TPSA) is 76.0 Å². The largest absolute Gasteiger partial charge is 0.490 e. The van der Waals surface area contributed by atoms with Crippen LogP contribution in [-0.2, 0) is 9.53 Å². The van der Waals surface area contributed by atoms with E-state index in [0.717, 1.165) is 17.2 Å². The van der Waals surface area contributed by atoms with Gasteiger partial charge in [-0.25, -0.2) is 4.79 Å². The van der Waals surface area contributed by atoms with Crippen molar-refractivity contribution in [2.45, 2.75) is 0 Å². The molecule has 0 spiro atoms. The van der Waals surface area contributed by atoms with Gasteiger partial charge in [-0.3, -0.25) is 0 Å². The minimum Gasteiger partial charge on any atom is -0.490 e. The zero-order chi connectivity index (χ0) is 16.7. The van der Waals surface area contributed by atoms with Gasteiger partial charge in [-0.15, -0.1) is 0 Å². The molecule has 0 unspecified atom stereocenters. The molecule has 118 valence electrons. The third kappa shape index (κ3) is 4.98. The molecular formula is C17H17BO5. The Kier molecular flexibility index (Phi) is 5.97. The van der Waals surface area contributed by atoms with Crippen LogP contribution in [0.1, 0.15) is 0 Å². The van der Waals surface area contributed by atoms with Gasteiger partial charge in [-0.1, -0.05) is 43.0 Å². The zero-order valence-corrected chi connectivity index (χ0v) is 12.5. The van der Waals surface area contributed by atoms with Gasteiger partial charge in [0.2, 0.25) is 0 Å². The average molecular weight is 312 g/mol. The van der Waals surface area contributed by atoms with Crippen molar-refractivity contribution in [1.82, 2.24) is 0 Å². The highest BCUT2D eigenvalue weighted by Gasteiger charge is 2.10. The van der Waals surface area contributed by atoms with Gasteiger partial charge in [-0.05, 0) is 28.7 Å². The Hall–Kier alpha value is -2.57. The lowest BCUT2D eigenvalue weighted by atomic mass is 9.80. The van der Waals surface area contributed by atoms with Gasteiger partial charge in [0, 0.05) is 6.08 Å². The van der Waals surface area contributed by atoms with E-state index in [1.165, 1.54) is 0 Å². The molecule has 2 N–H and O–H groups in total. The van der Waals surface area contributed by atoms with Gasteiger partial charge in [0.25, 0.3) is 0 Å². The molecule has 23 heavy (non-hydrogen) atoms. The first-order chi connectivity index (χ1) is 11.1. The molecule has 0 saturated carbocycles. The van der Waals surface area contributed by atoms with E-state index in [4.69, 9.17) is 19.5 Å². The summed E-state index contributed by atoms with van der Waals surface area (Å²) in [4.78, 5) is 10.9. The fourth-order valence-electron chi connectivity index (χ4n) is 1.95. The SMILES string of the molecule is C=CC(=O)OCCOc1ccc(-c2ccc(B(O)O)cc2)cc1. The molecule has 2 aromatic carbocycles. The van der Waals surface area contributed by atoms with E-state index in [1.807, 2.05) is 36.4 Å². The molecule has 0 aliphatic rings. The van der Waals surface area contributed by atoms with E-state index in [9.17, 15) is 4.79 Å². The second-order valence-corrected chi connectivity index (χ2v) is 4.74. The molecule has 0 bridgehead atoms. The Morgan fingerprint density at radius 1 is 1.00 bits per heavy atom. The summed E-state index contributed by atoms with van der Waals surface area (Å²) in [6, 6.07) is 14.4. The standard InChI is InChI=1S/C17H17BO5/c1-2-17(19)23-12-11-22-16-9-5-14(6-10-16)13-3-7-15(8-4-13)18(20)21/h2-10,20-21H,1,11-12H2. The van der Waals surface area contributed by atoms with Crippen LogP contribution in [0.15, 0.2) is 61.2 Å². The summed E-state index contributed by atoms with van der Waals surface area (Å²) in [6.07, 6.45) is 1.11. The molecule has 0 amide bonds. The molecule has 0 aliphatic carbocycles. The Morgan fingerprint density at radius 3 is 2.09 bits per heavy atom. The van der Waals surface area contributed by atoms with Crippen molar-refractivity contribution in [1.29, 1.82) is 0 Å². The van der Waals surface area contributed by atoms with Crippen LogP contribution in [0.25, 0.3) is 11.1 Å². The van der Waals surface area contributed by atoms with E-state index in [1.54, 1.807) is 12.1 Å². The van der Waals surface area contributed by atoms with Crippen LogP contribution in [0, 0.1) is 0 Å². The monoisotopic (exact) mass is 312 g/mol. The summed E-state index contributed by atoms with van der Waals surface area (Å²) < 4.78 is 10.3. The summed E-state index contributed by atoms with van der Waals surface area (Å²) in [5, 5.41) is 18.2. The molecule has 2 aromatic rings. The number of hydrogen-bond donors (Lipinski definition) is 2. The molecule has 2 rings (SSSR count). The highest BCUT2D eigenvalue weighted by atomic mass is 16.6. The van der Waals surface area contributed by atoms with Gasteiger partial charge in [0.05, 0.1) is 0 Å². The number of carbonyl (C=O) groups is 1. The maximum absolute atomic E-state index is 10.9. The lowest BCUT2D eigenvalue weighted by Crippen LogP contribution is -2.29. The van der Waals surface area contributed by atoms with Crippen molar-refractivity contribution in [3.8, 4) is 16.9 Å². The van der Waals surface area contributed by atoms with Crippen LogP contribution in [0.5, 0.6) is 5.75 Å². The van der Waals surface area contributed by atoms with Gasteiger partial charge in [0.15, 0.2) is 0 Å². The average Bonchev–Trinajstić information content (AvgIpc) is 2.59. The quantitative estimate of drug-likeness (QED) is 0.347. The number of esters is 1. The molecule has 6 heteroatoms. The van der Waals surface area contributed by atoms with E-state index in [2.05, 4.69) is 6.58 Å². The van der Waals surface area contributed by atoms with Gasteiger partial charge in [0.1, 0.15) is 19.0 Å². The maximum Gasteiger partial charge on any atom is 0.488 e. The van der Waals surface area contributed by atoms with Crippen LogP contribution in [-0.4, -0.2) is 36.3 Å². The maximum atomic E-state index is 10.9. The van der Waals surface area contributed by atoms with E-state index < -0.39 is 13.1 Å². The van der Waals surface area contributed by atoms with Crippen LogP contribution >= 0.6 is 0 Å². The second kappa shape index (κ2) is 8.17. The number of hydrogen-bond acceptors (Lipinski definition) is 5. The lowest BCUT2D eigenvalue weighted by Gasteiger charge is -2.08. The van der Waals surface area contributed by atoms with Crippen LogP contribution in [0.4, 0.5) is 0 Å². The smallest absolute Gasteiger partial charge is 0.488 e. The zero-order valence-electron chi connectivity index (χ0n) is 12.5. The predicted octanol–water partition coefficient (Wildman–Crippen LogP) is 1.14. The Balaban J connectivity index is 1.91. The molecule has 0 aliphatic heterocycles. The van der Waals surface area contributed by atoms with Crippen LogP contribution < -0.4 is 10.2 Å². The Bertz CT molecular complexity index is 650. The number of carbonyl (C=O) groups excluding carboxylic acids is 1. The minimum absolute atomic E-state index is 0.164. The normalized spacial score (nSPS) is 10.0. The first-order valence-electron chi connectivity index (χ1n) is 7.08. The molecule has 0 atom stereocenters. The summed E-state index contributed by atoms with van der Waals surface area (Å²) in [6.45, 7) is 3.74. The van der Waals surface area contributed by atoms with Gasteiger partial charge >= 0.3 is 13.1 Å². The second-order valence-electron chi connectivity index (χ2n) is 4.74.